The number of ether oxygens (including phenoxy) is 2. The number of anilines is 1. The first kappa shape index (κ1) is 18.3. The van der Waals surface area contributed by atoms with Gasteiger partial charge in [0.05, 0.1) is 6.54 Å². The van der Waals surface area contributed by atoms with Gasteiger partial charge in [-0.25, -0.2) is 0 Å². The highest BCUT2D eigenvalue weighted by Crippen LogP contribution is 2.34. The minimum absolute atomic E-state index is 0.0577. The van der Waals surface area contributed by atoms with Crippen LogP contribution in [0.4, 0.5) is 5.69 Å². The Balaban J connectivity index is 1.52. The Kier molecular flexibility index (Phi) is 5.18. The second-order valence-electron chi connectivity index (χ2n) is 7.74. The van der Waals surface area contributed by atoms with Gasteiger partial charge in [0, 0.05) is 18.3 Å². The molecule has 0 spiro atoms. The van der Waals surface area contributed by atoms with Gasteiger partial charge in [0.15, 0.2) is 11.5 Å². The van der Waals surface area contributed by atoms with Gasteiger partial charge in [0.1, 0.15) is 0 Å². The largest absolute Gasteiger partial charge is 0.454 e. The molecule has 0 aliphatic carbocycles. The van der Waals surface area contributed by atoms with Gasteiger partial charge in [-0.15, -0.1) is 0 Å². The van der Waals surface area contributed by atoms with E-state index in [2.05, 4.69) is 50.4 Å². The Morgan fingerprint density at radius 3 is 2.46 bits per heavy atom. The molecule has 2 aromatic rings. The third kappa shape index (κ3) is 4.55. The summed E-state index contributed by atoms with van der Waals surface area (Å²) in [5.74, 6) is 1.31. The van der Waals surface area contributed by atoms with E-state index in [-0.39, 0.29) is 18.1 Å². The van der Waals surface area contributed by atoms with Crippen molar-refractivity contribution in [3.05, 3.63) is 53.6 Å². The summed E-state index contributed by atoms with van der Waals surface area (Å²) < 4.78 is 10.6. The van der Waals surface area contributed by atoms with Crippen LogP contribution in [0.1, 0.15) is 31.9 Å². The SMILES string of the molecule is CN(CC(=O)Nc1ccc2c(c1)OCO2)Cc1ccc(C(C)(C)C)cc1. The maximum atomic E-state index is 12.3. The number of carbonyl (C=O) groups is 1. The molecule has 5 heteroatoms. The van der Waals surface area contributed by atoms with Crippen molar-refractivity contribution in [3.8, 4) is 11.5 Å². The lowest BCUT2D eigenvalue weighted by atomic mass is 9.87. The van der Waals surface area contributed by atoms with E-state index in [1.165, 1.54) is 11.1 Å². The minimum atomic E-state index is -0.0577. The predicted octanol–water partition coefficient (Wildman–Crippen LogP) is 3.78. The number of nitrogens with zero attached hydrogens (tertiary/aromatic N) is 1. The number of nitrogens with one attached hydrogen (secondary N) is 1. The van der Waals surface area contributed by atoms with Crippen LogP contribution in [-0.4, -0.2) is 31.2 Å². The first-order chi connectivity index (χ1) is 12.3. The van der Waals surface area contributed by atoms with Crippen LogP contribution < -0.4 is 14.8 Å². The fraction of sp³-hybridized carbons (Fsp3) is 0.381. The quantitative estimate of drug-likeness (QED) is 0.888. The van der Waals surface area contributed by atoms with Crippen LogP contribution in [0.5, 0.6) is 11.5 Å². The number of carbonyl (C=O) groups excluding carboxylic acids is 1. The highest BCUT2D eigenvalue weighted by atomic mass is 16.7. The van der Waals surface area contributed by atoms with E-state index in [9.17, 15) is 4.79 Å². The summed E-state index contributed by atoms with van der Waals surface area (Å²) in [6.45, 7) is 7.87. The van der Waals surface area contributed by atoms with Crippen LogP contribution in [0.3, 0.4) is 0 Å². The Morgan fingerprint density at radius 1 is 1.08 bits per heavy atom. The first-order valence-corrected chi connectivity index (χ1v) is 8.79. The predicted molar refractivity (Wildman–Crippen MR) is 103 cm³/mol. The van der Waals surface area contributed by atoms with E-state index in [1.807, 2.05) is 18.0 Å². The highest BCUT2D eigenvalue weighted by molar-refractivity contribution is 5.92. The zero-order valence-corrected chi connectivity index (χ0v) is 15.8. The van der Waals surface area contributed by atoms with Crippen molar-refractivity contribution < 1.29 is 14.3 Å². The Hall–Kier alpha value is -2.53. The van der Waals surface area contributed by atoms with Crippen molar-refractivity contribution >= 4 is 11.6 Å². The Bertz CT molecular complexity index is 779. The van der Waals surface area contributed by atoms with Crippen LogP contribution in [0.15, 0.2) is 42.5 Å². The maximum absolute atomic E-state index is 12.3. The topological polar surface area (TPSA) is 50.8 Å². The van der Waals surface area contributed by atoms with Crippen LogP contribution in [0.2, 0.25) is 0 Å². The van der Waals surface area contributed by atoms with Crippen molar-refractivity contribution in [1.82, 2.24) is 4.90 Å². The maximum Gasteiger partial charge on any atom is 0.238 e. The summed E-state index contributed by atoms with van der Waals surface area (Å²) in [5.41, 5.74) is 3.36. The van der Waals surface area contributed by atoms with Gasteiger partial charge in [-0.2, -0.15) is 0 Å². The molecule has 26 heavy (non-hydrogen) atoms. The van der Waals surface area contributed by atoms with E-state index in [1.54, 1.807) is 12.1 Å². The summed E-state index contributed by atoms with van der Waals surface area (Å²) in [4.78, 5) is 14.3. The molecule has 3 rings (SSSR count). The minimum Gasteiger partial charge on any atom is -0.454 e. The van der Waals surface area contributed by atoms with Gasteiger partial charge in [-0.1, -0.05) is 45.0 Å². The van der Waals surface area contributed by atoms with E-state index < -0.39 is 0 Å². The van der Waals surface area contributed by atoms with Crippen LogP contribution in [-0.2, 0) is 16.8 Å². The average molecular weight is 354 g/mol. The van der Waals surface area contributed by atoms with Gasteiger partial charge in [-0.05, 0) is 35.7 Å². The van der Waals surface area contributed by atoms with E-state index in [0.717, 1.165) is 6.54 Å². The van der Waals surface area contributed by atoms with E-state index >= 15 is 0 Å². The number of fused-ring (bicyclic) bond motifs is 1. The van der Waals surface area contributed by atoms with Crippen molar-refractivity contribution in [1.29, 1.82) is 0 Å². The number of hydrogen-bond acceptors (Lipinski definition) is 4. The lowest BCUT2D eigenvalue weighted by Crippen LogP contribution is -2.29. The monoisotopic (exact) mass is 354 g/mol. The molecule has 0 saturated heterocycles. The molecule has 138 valence electrons. The third-order valence-corrected chi connectivity index (χ3v) is 4.34. The molecule has 0 saturated carbocycles. The zero-order chi connectivity index (χ0) is 18.7. The summed E-state index contributed by atoms with van der Waals surface area (Å²) in [6.07, 6.45) is 0. The van der Waals surface area contributed by atoms with Crippen molar-refractivity contribution in [3.63, 3.8) is 0 Å². The molecule has 1 aliphatic heterocycles. The van der Waals surface area contributed by atoms with Gasteiger partial charge in [0.2, 0.25) is 12.7 Å². The normalized spacial score (nSPS) is 13.1. The molecule has 0 radical (unpaired) electrons. The van der Waals surface area contributed by atoms with Gasteiger partial charge < -0.3 is 14.8 Å². The standard InChI is InChI=1S/C21H26N2O3/c1-21(2,3)16-7-5-15(6-8-16)12-23(4)13-20(24)22-17-9-10-18-19(11-17)26-14-25-18/h5-11H,12-14H2,1-4H3,(H,22,24). The van der Waals surface area contributed by atoms with E-state index in [4.69, 9.17) is 9.47 Å². The second kappa shape index (κ2) is 7.38. The molecular formula is C21H26N2O3. The fourth-order valence-corrected chi connectivity index (χ4v) is 2.90. The molecule has 2 aromatic carbocycles. The second-order valence-corrected chi connectivity index (χ2v) is 7.74. The smallest absolute Gasteiger partial charge is 0.238 e. The number of amides is 1. The van der Waals surface area contributed by atoms with Crippen LogP contribution >= 0.6 is 0 Å². The molecule has 0 bridgehead atoms. The molecular weight excluding hydrogens is 328 g/mol. The third-order valence-electron chi connectivity index (χ3n) is 4.34. The van der Waals surface area contributed by atoms with Crippen LogP contribution in [0, 0.1) is 0 Å². The molecule has 0 unspecified atom stereocenters. The lowest BCUT2D eigenvalue weighted by Gasteiger charge is -2.20. The number of benzene rings is 2. The zero-order valence-electron chi connectivity index (χ0n) is 15.8. The average Bonchev–Trinajstić information content (AvgIpc) is 3.01. The molecule has 1 N–H and O–H groups in total. The molecule has 0 atom stereocenters. The summed E-state index contributed by atoms with van der Waals surface area (Å²) >= 11 is 0. The highest BCUT2D eigenvalue weighted by Gasteiger charge is 2.15. The van der Waals surface area contributed by atoms with Gasteiger partial charge in [-0.3, -0.25) is 9.69 Å². The van der Waals surface area contributed by atoms with Gasteiger partial charge >= 0.3 is 0 Å². The molecule has 1 heterocycles. The first-order valence-electron chi connectivity index (χ1n) is 8.79. The summed E-state index contributed by atoms with van der Waals surface area (Å²) in [5, 5.41) is 2.90. The van der Waals surface area contributed by atoms with Gasteiger partial charge in [0.25, 0.3) is 0 Å². The summed E-state index contributed by atoms with van der Waals surface area (Å²) in [7, 11) is 1.94. The number of likely N-dealkylation sites (N-methyl/N-ethyl adjacent to an activating group) is 1. The molecule has 1 amide bonds. The van der Waals surface area contributed by atoms with Crippen molar-refractivity contribution in [2.45, 2.75) is 32.7 Å². The number of rotatable bonds is 5. The van der Waals surface area contributed by atoms with E-state index in [0.29, 0.717) is 23.7 Å². The summed E-state index contributed by atoms with van der Waals surface area (Å²) in [6, 6.07) is 14.0. The van der Waals surface area contributed by atoms with Crippen LogP contribution in [0.25, 0.3) is 0 Å². The lowest BCUT2D eigenvalue weighted by molar-refractivity contribution is -0.117. The number of hydrogen-bond donors (Lipinski definition) is 1. The Labute approximate surface area is 154 Å². The molecule has 1 aliphatic rings. The van der Waals surface area contributed by atoms with Crippen molar-refractivity contribution in [2.75, 3.05) is 25.7 Å². The molecule has 0 fully saturated rings. The van der Waals surface area contributed by atoms with Crippen molar-refractivity contribution in [2.24, 2.45) is 0 Å². The molecule has 0 aromatic heterocycles. The fourth-order valence-electron chi connectivity index (χ4n) is 2.90. The Morgan fingerprint density at radius 2 is 1.77 bits per heavy atom. The molecule has 5 nitrogen and oxygen atoms in total.